The van der Waals surface area contributed by atoms with E-state index in [0.29, 0.717) is 155 Å². The molecule has 11 rings (SSSR count). The molecule has 110 heavy (non-hydrogen) atoms. The van der Waals surface area contributed by atoms with E-state index in [1.54, 1.807) is 0 Å². The number of nitrogens with zero attached hydrogens (tertiary/aromatic N) is 4. The summed E-state index contributed by atoms with van der Waals surface area (Å²) in [7, 11) is -12.2. The number of ether oxygens (including phenoxy) is 12. The Morgan fingerprint density at radius 3 is 0.745 bits per heavy atom. The second-order valence-corrected chi connectivity index (χ2v) is 26.6. The Morgan fingerprint density at radius 2 is 0.527 bits per heavy atom. The van der Waals surface area contributed by atoms with E-state index >= 15 is 0 Å². The first-order chi connectivity index (χ1) is 53.1. The maximum atomic E-state index is 10.7. The molecule has 4 aromatic heterocycles. The molecule has 0 spiro atoms. The van der Waals surface area contributed by atoms with E-state index in [1.165, 1.54) is 22.3 Å². The Labute approximate surface area is 635 Å². The highest BCUT2D eigenvalue weighted by molar-refractivity contribution is 7.86. The first kappa shape index (κ1) is 85.8. The fourth-order valence-electron chi connectivity index (χ4n) is 10.1. The molecule has 30 heteroatoms. The van der Waals surface area contributed by atoms with Crippen LogP contribution < -0.4 is 28.1 Å². The zero-order chi connectivity index (χ0) is 78.1. The van der Waals surface area contributed by atoms with Gasteiger partial charge < -0.3 is 65.9 Å². The first-order valence-corrected chi connectivity index (χ1v) is 37.4. The van der Waals surface area contributed by atoms with Gasteiger partial charge in [0.1, 0.15) is 26.4 Å². The van der Waals surface area contributed by atoms with Gasteiger partial charge in [-0.15, -0.1) is 0 Å². The van der Waals surface area contributed by atoms with Gasteiger partial charge in [0.15, 0.2) is 68.0 Å². The van der Waals surface area contributed by atoms with Crippen LogP contribution in [-0.2, 0) is 124 Å². The fraction of sp³-hybridized carbons (Fsp3) is 0.300. The number of benzene rings is 6. The minimum atomic E-state index is -6.09. The van der Waals surface area contributed by atoms with Gasteiger partial charge in [-0.1, -0.05) is 121 Å². The van der Waals surface area contributed by atoms with Gasteiger partial charge in [0.25, 0.3) is 0 Å². The van der Waals surface area contributed by atoms with Crippen molar-refractivity contribution in [2.24, 2.45) is 0 Å². The fourth-order valence-corrected chi connectivity index (χ4v) is 10.1. The van der Waals surface area contributed by atoms with Crippen LogP contribution in [0.1, 0.15) is 44.5 Å². The highest BCUT2D eigenvalue weighted by Gasteiger charge is 2.37. The molecule has 586 valence electrons. The third-order valence-corrected chi connectivity index (χ3v) is 16.8. The molecule has 5 heterocycles. The van der Waals surface area contributed by atoms with Crippen molar-refractivity contribution in [3.8, 4) is 45.3 Å². The summed E-state index contributed by atoms with van der Waals surface area (Å²) in [6.07, 6.45) is 15.8. The topological polar surface area (TPSA) is 259 Å². The van der Waals surface area contributed by atoms with Gasteiger partial charge in [0.05, 0.1) is 106 Å². The van der Waals surface area contributed by atoms with Crippen molar-refractivity contribution in [2.75, 3.05) is 79.3 Å². The standard InChI is InChI=1S/C56H64O12.C22H20N4.2CHF3O3S/c1-5-13-45(14-6-1)37-61-41-49-33-53-54(34-50(49)42-62-38-46-15-7-2-8-16-46)66-30-26-58-23-24-60-28-32-68-56-36-52(44-64-40-48-19-11-4-12-20-48)51(43-63-39-47-17-9-3-10-18-47)35-55(56)67-31-27-59-22-21-57-25-29-65-53;1-9-23-10-2-19(1)21-5-13-25(14-6-21)17-18-26-15-7-22(8-16-26)20-3-11-24-12-4-20;2*2-1(3,4)8(5,6)7/h1-20,33-36H,21-32,37-44H2;1-16H,17-18H2;2*(H,5,6,7)/q;+2;;/p-2. The molecule has 0 saturated heterocycles. The summed E-state index contributed by atoms with van der Waals surface area (Å²) in [4.78, 5) is 8.13. The molecule has 22 nitrogen and oxygen atoms in total. The predicted octanol–water partition coefficient (Wildman–Crippen LogP) is 13.0. The van der Waals surface area contributed by atoms with Crippen molar-refractivity contribution >= 4 is 20.2 Å². The zero-order valence-electron chi connectivity index (χ0n) is 59.9. The number of pyridine rings is 4. The van der Waals surface area contributed by atoms with Crippen molar-refractivity contribution in [3.05, 3.63) is 288 Å². The SMILES string of the molecule is O=S(=O)([O-])C(F)(F)F.O=S(=O)([O-])C(F)(F)F.c1cc(-c2cc[n+](CC[n+]3ccc(-c4ccncc4)cc3)cc2)ccn1.c1ccc(COCc2cc3c(cc2COCc2ccccc2)OCCOCCOCCOc2cc(COCc4ccccc4)c(COCc4ccccc4)cc2OCCOCCOCCO3)cc1. The van der Waals surface area contributed by atoms with Crippen molar-refractivity contribution in [2.45, 2.75) is 77.0 Å². The molecular formula is C80H84F6N4O18S2. The number of rotatable bonds is 21. The van der Waals surface area contributed by atoms with Gasteiger partial charge in [-0.25, -0.2) is 16.8 Å². The van der Waals surface area contributed by atoms with Gasteiger partial charge in [0, 0.05) is 49.1 Å². The summed E-state index contributed by atoms with van der Waals surface area (Å²) < 4.78 is 196. The Morgan fingerprint density at radius 1 is 0.318 bits per heavy atom. The van der Waals surface area contributed by atoms with Crippen LogP contribution in [0.15, 0.2) is 244 Å². The maximum Gasteiger partial charge on any atom is 0.485 e. The van der Waals surface area contributed by atoms with Crippen LogP contribution >= 0.6 is 0 Å². The Balaban J connectivity index is 0.000000292. The third kappa shape index (κ3) is 31.7. The highest BCUT2D eigenvalue weighted by Crippen LogP contribution is 2.35. The van der Waals surface area contributed by atoms with E-state index in [0.717, 1.165) is 57.6 Å². The molecule has 0 amide bonds. The quantitative estimate of drug-likeness (QED) is 0.0280. The normalized spacial score (nSPS) is 13.6. The van der Waals surface area contributed by atoms with Crippen LogP contribution in [0.2, 0.25) is 0 Å². The van der Waals surface area contributed by atoms with Gasteiger partial charge in [-0.2, -0.15) is 35.5 Å². The van der Waals surface area contributed by atoms with E-state index in [-0.39, 0.29) is 0 Å². The summed E-state index contributed by atoms with van der Waals surface area (Å²) in [6.45, 7) is 9.34. The molecule has 1 aliphatic rings. The Bertz CT molecular complexity index is 4040. The molecule has 0 bridgehead atoms. The average molecular weight is 1570 g/mol. The molecule has 0 fully saturated rings. The summed E-state index contributed by atoms with van der Waals surface area (Å²) in [5, 5.41) is 0. The molecule has 10 aromatic rings. The lowest BCUT2D eigenvalue weighted by Gasteiger charge is -2.19. The largest absolute Gasteiger partial charge is 0.741 e. The molecule has 0 radical (unpaired) electrons. The van der Waals surface area contributed by atoms with Crippen LogP contribution in [-0.4, -0.2) is 126 Å². The Hall–Kier alpha value is -9.80. The molecule has 6 aromatic carbocycles. The molecule has 0 unspecified atom stereocenters. The van der Waals surface area contributed by atoms with Gasteiger partial charge in [-0.3, -0.25) is 9.97 Å². The monoisotopic (exact) mass is 1570 g/mol. The second-order valence-electron chi connectivity index (χ2n) is 23.8. The predicted molar refractivity (Wildman–Crippen MR) is 389 cm³/mol. The van der Waals surface area contributed by atoms with E-state index in [4.69, 9.17) is 82.8 Å². The second kappa shape index (κ2) is 46.0. The van der Waals surface area contributed by atoms with Crippen molar-refractivity contribution < 1.29 is 118 Å². The van der Waals surface area contributed by atoms with Crippen molar-refractivity contribution in [1.29, 1.82) is 0 Å². The van der Waals surface area contributed by atoms with Crippen LogP contribution in [0.25, 0.3) is 22.3 Å². The lowest BCUT2D eigenvalue weighted by Crippen LogP contribution is -2.43. The highest BCUT2D eigenvalue weighted by atomic mass is 32.2. The van der Waals surface area contributed by atoms with Crippen LogP contribution in [0.5, 0.6) is 23.0 Å². The average Bonchev–Trinajstić information content (AvgIpc) is 0.995. The van der Waals surface area contributed by atoms with Gasteiger partial charge >= 0.3 is 11.0 Å². The molecular weight excluding hydrogens is 1480 g/mol. The zero-order valence-corrected chi connectivity index (χ0v) is 61.5. The van der Waals surface area contributed by atoms with E-state index in [2.05, 4.69) is 68.2 Å². The van der Waals surface area contributed by atoms with Crippen molar-refractivity contribution in [3.63, 3.8) is 0 Å². The number of hydrogen-bond donors (Lipinski definition) is 0. The summed E-state index contributed by atoms with van der Waals surface area (Å²) >= 11 is 0. The smallest absolute Gasteiger partial charge is 0.485 e. The van der Waals surface area contributed by atoms with E-state index in [1.807, 2.05) is 195 Å². The number of aromatic nitrogens is 4. The van der Waals surface area contributed by atoms with Crippen molar-refractivity contribution in [1.82, 2.24) is 9.97 Å². The molecule has 0 saturated carbocycles. The minimum Gasteiger partial charge on any atom is -0.741 e. The van der Waals surface area contributed by atoms with Crippen LogP contribution in [0, 0.1) is 0 Å². The molecule has 1 aliphatic heterocycles. The van der Waals surface area contributed by atoms with Gasteiger partial charge in [-0.05, 0) is 115 Å². The molecule has 0 aliphatic carbocycles. The number of alkyl halides is 6. The summed E-state index contributed by atoms with van der Waals surface area (Å²) in [5.41, 5.74) is 1.66. The minimum absolute atomic E-state index is 0.301. The summed E-state index contributed by atoms with van der Waals surface area (Å²) in [6, 6.07) is 65.0. The van der Waals surface area contributed by atoms with Crippen LogP contribution in [0.3, 0.4) is 0 Å². The maximum absolute atomic E-state index is 10.7. The number of hydrogen-bond acceptors (Lipinski definition) is 20. The van der Waals surface area contributed by atoms with E-state index < -0.39 is 31.3 Å². The molecule has 0 N–H and O–H groups in total. The number of aryl methyl sites for hydroxylation is 2. The third-order valence-electron chi connectivity index (χ3n) is 15.7. The molecule has 0 atom stereocenters. The Kier molecular flexibility index (Phi) is 35.9. The van der Waals surface area contributed by atoms with Crippen LogP contribution in [0.4, 0.5) is 26.3 Å². The number of fused-ring (bicyclic) bond motifs is 2. The number of halogens is 6. The summed E-state index contributed by atoms with van der Waals surface area (Å²) in [5.74, 6) is 2.34. The lowest BCUT2D eigenvalue weighted by molar-refractivity contribution is -0.778. The lowest BCUT2D eigenvalue weighted by atomic mass is 10.1. The van der Waals surface area contributed by atoms with Gasteiger partial charge in [0.2, 0.25) is 13.1 Å². The first-order valence-electron chi connectivity index (χ1n) is 34.6. The van der Waals surface area contributed by atoms with E-state index in [9.17, 15) is 26.3 Å².